The summed E-state index contributed by atoms with van der Waals surface area (Å²) in [5, 5.41) is 10.7. The van der Waals surface area contributed by atoms with Gasteiger partial charge in [-0.2, -0.15) is 0 Å². The maximum Gasteiger partial charge on any atom is 0.126 e. The fraction of sp³-hybridized carbons (Fsp3) is 0.833. The minimum atomic E-state index is -0.701. The first-order valence-corrected chi connectivity index (χ1v) is 5.62. The van der Waals surface area contributed by atoms with E-state index in [0.29, 0.717) is 0 Å². The molecule has 1 aliphatic carbocycles. The average molecular weight is 196 g/mol. The van der Waals surface area contributed by atoms with Crippen molar-refractivity contribution in [3.8, 4) is 0 Å². The third-order valence-electron chi connectivity index (χ3n) is 3.80. The molecule has 1 heterocycles. The first-order chi connectivity index (χ1) is 6.56. The fourth-order valence-electron chi connectivity index (χ4n) is 2.63. The van der Waals surface area contributed by atoms with E-state index in [4.69, 9.17) is 4.74 Å². The molecule has 0 saturated heterocycles. The molecule has 2 heteroatoms. The average Bonchev–Trinajstić information content (AvgIpc) is 2.44. The standard InChI is InChI=1S/C12H20O2/c1-11(2)7-5-8-12(11,13)10-6-3-4-9-14-10/h6,13H,3-5,7-9H2,1-2H3. The van der Waals surface area contributed by atoms with Crippen molar-refractivity contribution in [2.75, 3.05) is 6.61 Å². The third-order valence-corrected chi connectivity index (χ3v) is 3.80. The summed E-state index contributed by atoms with van der Waals surface area (Å²) in [6.07, 6.45) is 7.25. The molecule has 80 valence electrons. The van der Waals surface area contributed by atoms with E-state index in [-0.39, 0.29) is 5.41 Å². The highest BCUT2D eigenvalue weighted by Crippen LogP contribution is 2.50. The molecule has 0 aromatic rings. The topological polar surface area (TPSA) is 29.5 Å². The summed E-state index contributed by atoms with van der Waals surface area (Å²) in [5.74, 6) is 0.839. The molecule has 0 radical (unpaired) electrons. The van der Waals surface area contributed by atoms with Gasteiger partial charge in [-0.1, -0.05) is 13.8 Å². The van der Waals surface area contributed by atoms with Crippen LogP contribution in [0, 0.1) is 5.41 Å². The fourth-order valence-corrected chi connectivity index (χ4v) is 2.63. The Hall–Kier alpha value is -0.500. The van der Waals surface area contributed by atoms with E-state index in [2.05, 4.69) is 19.9 Å². The van der Waals surface area contributed by atoms with Crippen LogP contribution in [0.25, 0.3) is 0 Å². The van der Waals surface area contributed by atoms with E-state index >= 15 is 0 Å². The van der Waals surface area contributed by atoms with Crippen LogP contribution in [0.5, 0.6) is 0 Å². The summed E-state index contributed by atoms with van der Waals surface area (Å²) in [5.41, 5.74) is -0.733. The van der Waals surface area contributed by atoms with Crippen LogP contribution in [-0.4, -0.2) is 17.3 Å². The lowest BCUT2D eigenvalue weighted by molar-refractivity contribution is -0.0589. The highest BCUT2D eigenvalue weighted by Gasteiger charge is 2.51. The van der Waals surface area contributed by atoms with E-state index < -0.39 is 5.60 Å². The molecule has 0 bridgehead atoms. The van der Waals surface area contributed by atoms with Gasteiger partial charge in [0.2, 0.25) is 0 Å². The predicted molar refractivity (Wildman–Crippen MR) is 55.9 cm³/mol. The lowest BCUT2D eigenvalue weighted by atomic mass is 9.76. The Kier molecular flexibility index (Phi) is 2.34. The zero-order valence-corrected chi connectivity index (χ0v) is 9.18. The highest BCUT2D eigenvalue weighted by molar-refractivity contribution is 5.19. The Morgan fingerprint density at radius 1 is 1.29 bits per heavy atom. The first-order valence-electron chi connectivity index (χ1n) is 5.62. The molecule has 2 nitrogen and oxygen atoms in total. The van der Waals surface area contributed by atoms with E-state index in [1.807, 2.05) is 0 Å². The normalized spacial score (nSPS) is 36.4. The predicted octanol–water partition coefficient (Wildman–Crippen LogP) is 2.62. The number of hydrogen-bond acceptors (Lipinski definition) is 2. The molecular weight excluding hydrogens is 176 g/mol. The highest BCUT2D eigenvalue weighted by atomic mass is 16.5. The van der Waals surface area contributed by atoms with E-state index in [9.17, 15) is 5.11 Å². The molecule has 0 spiro atoms. The number of allylic oxidation sites excluding steroid dienone is 1. The minimum absolute atomic E-state index is 0.0316. The van der Waals surface area contributed by atoms with Crippen molar-refractivity contribution >= 4 is 0 Å². The van der Waals surface area contributed by atoms with E-state index in [1.165, 1.54) is 0 Å². The monoisotopic (exact) mass is 196 g/mol. The van der Waals surface area contributed by atoms with Crippen LogP contribution in [0.15, 0.2) is 11.8 Å². The van der Waals surface area contributed by atoms with Crippen molar-refractivity contribution < 1.29 is 9.84 Å². The van der Waals surface area contributed by atoms with E-state index in [1.54, 1.807) is 0 Å². The van der Waals surface area contributed by atoms with Crippen molar-refractivity contribution in [3.63, 3.8) is 0 Å². The molecule has 2 rings (SSSR count). The second kappa shape index (κ2) is 3.27. The lowest BCUT2D eigenvalue weighted by Gasteiger charge is -2.39. The van der Waals surface area contributed by atoms with Gasteiger partial charge in [0.25, 0.3) is 0 Å². The van der Waals surface area contributed by atoms with Gasteiger partial charge < -0.3 is 9.84 Å². The molecular formula is C12H20O2. The quantitative estimate of drug-likeness (QED) is 0.698. The maximum atomic E-state index is 10.7. The number of rotatable bonds is 1. The first kappa shape index (κ1) is 10.0. The Labute approximate surface area is 86.0 Å². The van der Waals surface area contributed by atoms with Gasteiger partial charge in [-0.3, -0.25) is 0 Å². The Bertz CT molecular complexity index is 255. The van der Waals surface area contributed by atoms with Crippen molar-refractivity contribution in [1.29, 1.82) is 0 Å². The molecule has 1 atom stereocenters. The molecule has 1 unspecified atom stereocenters. The van der Waals surface area contributed by atoms with Gasteiger partial charge in [0.1, 0.15) is 11.4 Å². The molecule has 14 heavy (non-hydrogen) atoms. The van der Waals surface area contributed by atoms with Crippen molar-refractivity contribution in [3.05, 3.63) is 11.8 Å². The molecule has 0 aromatic heterocycles. The summed E-state index contributed by atoms with van der Waals surface area (Å²) in [6, 6.07) is 0. The summed E-state index contributed by atoms with van der Waals surface area (Å²) in [4.78, 5) is 0. The van der Waals surface area contributed by atoms with Crippen LogP contribution in [-0.2, 0) is 4.74 Å². The summed E-state index contributed by atoms with van der Waals surface area (Å²) >= 11 is 0. The molecule has 0 amide bonds. The number of ether oxygens (including phenoxy) is 1. The molecule has 1 N–H and O–H groups in total. The van der Waals surface area contributed by atoms with Gasteiger partial charge in [0.15, 0.2) is 0 Å². The Morgan fingerprint density at radius 2 is 2.07 bits per heavy atom. The van der Waals surface area contributed by atoms with Crippen LogP contribution in [0.3, 0.4) is 0 Å². The Morgan fingerprint density at radius 3 is 2.57 bits per heavy atom. The third kappa shape index (κ3) is 1.36. The van der Waals surface area contributed by atoms with Crippen LogP contribution in [0.4, 0.5) is 0 Å². The molecule has 1 fully saturated rings. The largest absolute Gasteiger partial charge is 0.495 e. The van der Waals surface area contributed by atoms with Crippen LogP contribution < -0.4 is 0 Å². The summed E-state index contributed by atoms with van der Waals surface area (Å²) in [7, 11) is 0. The van der Waals surface area contributed by atoms with Crippen molar-refractivity contribution in [1.82, 2.24) is 0 Å². The van der Waals surface area contributed by atoms with E-state index in [0.717, 1.165) is 44.5 Å². The molecule has 1 aliphatic heterocycles. The van der Waals surface area contributed by atoms with Gasteiger partial charge in [-0.05, 0) is 38.2 Å². The zero-order valence-electron chi connectivity index (χ0n) is 9.18. The zero-order chi connectivity index (χ0) is 10.2. The van der Waals surface area contributed by atoms with Crippen molar-refractivity contribution in [2.24, 2.45) is 5.41 Å². The maximum absolute atomic E-state index is 10.7. The number of aliphatic hydroxyl groups is 1. The summed E-state index contributed by atoms with van der Waals surface area (Å²) < 4.78 is 5.61. The molecule has 2 aliphatic rings. The SMILES string of the molecule is CC1(C)CCCC1(O)C1=CCCCO1. The van der Waals surface area contributed by atoms with Crippen LogP contribution in [0.1, 0.15) is 46.0 Å². The minimum Gasteiger partial charge on any atom is -0.495 e. The molecule has 0 aromatic carbocycles. The smallest absolute Gasteiger partial charge is 0.126 e. The lowest BCUT2D eigenvalue weighted by Crippen LogP contribution is -2.43. The van der Waals surface area contributed by atoms with Gasteiger partial charge in [0, 0.05) is 5.41 Å². The van der Waals surface area contributed by atoms with Gasteiger partial charge in [-0.15, -0.1) is 0 Å². The molecule has 1 saturated carbocycles. The Balaban J connectivity index is 2.26. The second-order valence-electron chi connectivity index (χ2n) is 5.16. The van der Waals surface area contributed by atoms with Gasteiger partial charge in [-0.25, -0.2) is 0 Å². The number of hydrogen-bond donors (Lipinski definition) is 1. The van der Waals surface area contributed by atoms with Crippen LogP contribution >= 0.6 is 0 Å². The van der Waals surface area contributed by atoms with Crippen LogP contribution in [0.2, 0.25) is 0 Å². The van der Waals surface area contributed by atoms with Gasteiger partial charge >= 0.3 is 0 Å². The van der Waals surface area contributed by atoms with Gasteiger partial charge in [0.05, 0.1) is 6.61 Å². The summed E-state index contributed by atoms with van der Waals surface area (Å²) in [6.45, 7) is 5.04. The second-order valence-corrected chi connectivity index (χ2v) is 5.16. The van der Waals surface area contributed by atoms with Crippen molar-refractivity contribution in [2.45, 2.75) is 51.6 Å².